The summed E-state index contributed by atoms with van der Waals surface area (Å²) in [5.41, 5.74) is 3.74. The number of benzene rings is 2. The second-order valence-electron chi connectivity index (χ2n) is 5.19. The molecule has 0 amide bonds. The molecule has 2 rings (SSSR count). The standard InChI is InChI=1S/C17H19NO3S/c1-12-5-7-16(8-6-12)22(19,20)18-11-15-9-13(2)14(3)17(10-15)21-4/h5-11H,1-4H3. The summed E-state index contributed by atoms with van der Waals surface area (Å²) < 4.78 is 33.4. The Hall–Kier alpha value is -2.14. The van der Waals surface area contributed by atoms with Crippen LogP contribution in [0, 0.1) is 20.8 Å². The lowest BCUT2D eigenvalue weighted by atomic mass is 10.1. The van der Waals surface area contributed by atoms with Gasteiger partial charge < -0.3 is 4.74 Å². The molecule has 0 saturated heterocycles. The van der Waals surface area contributed by atoms with E-state index >= 15 is 0 Å². The van der Waals surface area contributed by atoms with Gasteiger partial charge in [0, 0.05) is 6.21 Å². The van der Waals surface area contributed by atoms with Gasteiger partial charge in [-0.3, -0.25) is 0 Å². The smallest absolute Gasteiger partial charge is 0.282 e. The van der Waals surface area contributed by atoms with Crippen molar-refractivity contribution in [2.75, 3.05) is 7.11 Å². The average Bonchev–Trinajstić information content (AvgIpc) is 2.49. The lowest BCUT2D eigenvalue weighted by Gasteiger charge is -2.08. The van der Waals surface area contributed by atoms with Gasteiger partial charge in [-0.05, 0) is 61.7 Å². The maximum Gasteiger partial charge on any atom is 0.282 e. The SMILES string of the molecule is COc1cc(C=NS(=O)(=O)c2ccc(C)cc2)cc(C)c1C. The third-order valence-electron chi connectivity index (χ3n) is 3.52. The van der Waals surface area contributed by atoms with Crippen LogP contribution in [-0.2, 0) is 10.0 Å². The fraction of sp³-hybridized carbons (Fsp3) is 0.235. The predicted molar refractivity (Wildman–Crippen MR) is 88.4 cm³/mol. The lowest BCUT2D eigenvalue weighted by Crippen LogP contribution is -1.99. The summed E-state index contributed by atoms with van der Waals surface area (Å²) in [5, 5.41) is 0. The van der Waals surface area contributed by atoms with E-state index in [9.17, 15) is 8.42 Å². The number of ether oxygens (including phenoxy) is 1. The summed E-state index contributed by atoms with van der Waals surface area (Å²) in [7, 11) is -2.10. The maximum absolute atomic E-state index is 12.2. The van der Waals surface area contributed by atoms with Gasteiger partial charge in [-0.15, -0.1) is 0 Å². The van der Waals surface area contributed by atoms with Gasteiger partial charge in [0.2, 0.25) is 0 Å². The van der Waals surface area contributed by atoms with Crippen molar-refractivity contribution in [3.05, 3.63) is 58.7 Å². The molecule has 0 aromatic heterocycles. The van der Waals surface area contributed by atoms with E-state index in [0.717, 1.165) is 16.7 Å². The number of aryl methyl sites for hydroxylation is 2. The molecule has 0 fully saturated rings. The number of hydrogen-bond acceptors (Lipinski definition) is 3. The minimum absolute atomic E-state index is 0.185. The molecule has 0 unspecified atom stereocenters. The highest BCUT2D eigenvalue weighted by Gasteiger charge is 2.11. The molecule has 22 heavy (non-hydrogen) atoms. The zero-order valence-electron chi connectivity index (χ0n) is 13.1. The van der Waals surface area contributed by atoms with E-state index in [1.807, 2.05) is 26.8 Å². The Balaban J connectivity index is 2.35. The fourth-order valence-electron chi connectivity index (χ4n) is 2.04. The van der Waals surface area contributed by atoms with E-state index in [0.29, 0.717) is 11.3 Å². The molecule has 0 aliphatic carbocycles. The zero-order chi connectivity index (χ0) is 16.3. The third-order valence-corrected chi connectivity index (χ3v) is 4.77. The third kappa shape index (κ3) is 3.54. The molecule has 5 heteroatoms. The molecule has 0 bridgehead atoms. The van der Waals surface area contributed by atoms with Crippen LogP contribution in [0.1, 0.15) is 22.3 Å². The quantitative estimate of drug-likeness (QED) is 0.812. The predicted octanol–water partition coefficient (Wildman–Crippen LogP) is 3.43. The number of rotatable bonds is 4. The van der Waals surface area contributed by atoms with Crippen molar-refractivity contribution in [3.63, 3.8) is 0 Å². The van der Waals surface area contributed by atoms with Gasteiger partial charge in [-0.25, -0.2) is 0 Å². The fourth-order valence-corrected chi connectivity index (χ4v) is 2.90. The van der Waals surface area contributed by atoms with Crippen molar-refractivity contribution < 1.29 is 13.2 Å². The summed E-state index contributed by atoms with van der Waals surface area (Å²) in [4.78, 5) is 0.185. The van der Waals surface area contributed by atoms with Gasteiger partial charge in [0.05, 0.1) is 12.0 Å². The second kappa shape index (κ2) is 6.32. The van der Waals surface area contributed by atoms with Crippen molar-refractivity contribution in [2.45, 2.75) is 25.7 Å². The van der Waals surface area contributed by atoms with Gasteiger partial charge in [-0.2, -0.15) is 12.8 Å². The summed E-state index contributed by atoms with van der Waals surface area (Å²) in [5.74, 6) is 0.717. The molecule has 2 aromatic carbocycles. The van der Waals surface area contributed by atoms with Crippen LogP contribution in [0.5, 0.6) is 5.75 Å². The van der Waals surface area contributed by atoms with Crippen LogP contribution in [0.3, 0.4) is 0 Å². The van der Waals surface area contributed by atoms with Crippen molar-refractivity contribution in [1.29, 1.82) is 0 Å². The zero-order valence-corrected chi connectivity index (χ0v) is 13.9. The highest BCUT2D eigenvalue weighted by atomic mass is 32.2. The van der Waals surface area contributed by atoms with Crippen molar-refractivity contribution in [2.24, 2.45) is 4.40 Å². The van der Waals surface area contributed by atoms with Crippen LogP contribution in [0.25, 0.3) is 0 Å². The first-order valence-corrected chi connectivity index (χ1v) is 8.30. The summed E-state index contributed by atoms with van der Waals surface area (Å²) >= 11 is 0. The molecule has 0 radical (unpaired) electrons. The minimum Gasteiger partial charge on any atom is -0.496 e. The first-order valence-electron chi connectivity index (χ1n) is 6.86. The molecular formula is C17H19NO3S. The van der Waals surface area contributed by atoms with Crippen molar-refractivity contribution in [1.82, 2.24) is 0 Å². The van der Waals surface area contributed by atoms with E-state index in [1.165, 1.54) is 6.21 Å². The van der Waals surface area contributed by atoms with E-state index in [4.69, 9.17) is 4.74 Å². The minimum atomic E-state index is -3.69. The maximum atomic E-state index is 12.2. The highest BCUT2D eigenvalue weighted by molar-refractivity contribution is 7.90. The van der Waals surface area contributed by atoms with Crippen LogP contribution >= 0.6 is 0 Å². The normalized spacial score (nSPS) is 11.8. The topological polar surface area (TPSA) is 55.7 Å². The molecule has 0 spiro atoms. The number of hydrogen-bond donors (Lipinski definition) is 0. The molecule has 116 valence electrons. The molecule has 0 saturated carbocycles. The summed E-state index contributed by atoms with van der Waals surface area (Å²) in [6, 6.07) is 10.3. The van der Waals surface area contributed by atoms with Gasteiger partial charge in [0.15, 0.2) is 0 Å². The largest absolute Gasteiger partial charge is 0.496 e. The van der Waals surface area contributed by atoms with Crippen LogP contribution in [-0.4, -0.2) is 21.7 Å². The van der Waals surface area contributed by atoms with Gasteiger partial charge in [0.25, 0.3) is 10.0 Å². The molecule has 0 aliphatic heterocycles. The van der Waals surface area contributed by atoms with Gasteiger partial charge in [0.1, 0.15) is 5.75 Å². The molecule has 2 aromatic rings. The first-order chi connectivity index (χ1) is 10.3. The Morgan fingerprint density at radius 2 is 1.68 bits per heavy atom. The molecule has 0 atom stereocenters. The number of nitrogens with zero attached hydrogens (tertiary/aromatic N) is 1. The Labute approximate surface area is 131 Å². The molecule has 0 aliphatic rings. The van der Waals surface area contributed by atoms with Gasteiger partial charge in [-0.1, -0.05) is 17.7 Å². The van der Waals surface area contributed by atoms with E-state index in [1.54, 1.807) is 37.4 Å². The van der Waals surface area contributed by atoms with Crippen LogP contribution < -0.4 is 4.74 Å². The lowest BCUT2D eigenvalue weighted by molar-refractivity contribution is 0.411. The van der Waals surface area contributed by atoms with E-state index < -0.39 is 10.0 Å². The Morgan fingerprint density at radius 3 is 2.27 bits per heavy atom. The number of methoxy groups -OCH3 is 1. The van der Waals surface area contributed by atoms with E-state index in [2.05, 4.69) is 4.40 Å². The molecule has 0 heterocycles. The molecule has 0 N–H and O–H groups in total. The summed E-state index contributed by atoms with van der Waals surface area (Å²) in [6.07, 6.45) is 1.35. The Morgan fingerprint density at radius 1 is 1.05 bits per heavy atom. The molecular weight excluding hydrogens is 298 g/mol. The van der Waals surface area contributed by atoms with Crippen LogP contribution in [0.15, 0.2) is 45.7 Å². The molecule has 4 nitrogen and oxygen atoms in total. The van der Waals surface area contributed by atoms with Crippen molar-refractivity contribution in [3.8, 4) is 5.75 Å². The number of sulfonamides is 1. The van der Waals surface area contributed by atoms with E-state index in [-0.39, 0.29) is 4.90 Å². The van der Waals surface area contributed by atoms with Crippen molar-refractivity contribution >= 4 is 16.2 Å². The monoisotopic (exact) mass is 317 g/mol. The average molecular weight is 317 g/mol. The Kier molecular flexibility index (Phi) is 4.66. The highest BCUT2D eigenvalue weighted by Crippen LogP contribution is 2.22. The Bertz CT molecular complexity index is 807. The first kappa shape index (κ1) is 16.2. The van der Waals surface area contributed by atoms with Gasteiger partial charge >= 0.3 is 0 Å². The van der Waals surface area contributed by atoms with Crippen LogP contribution in [0.2, 0.25) is 0 Å². The summed E-state index contributed by atoms with van der Waals surface area (Å²) in [6.45, 7) is 5.81. The second-order valence-corrected chi connectivity index (χ2v) is 6.82. The van der Waals surface area contributed by atoms with Crippen LogP contribution in [0.4, 0.5) is 0 Å².